The number of hydrogen-bond acceptors (Lipinski definition) is 4. The van der Waals surface area contributed by atoms with Crippen molar-refractivity contribution >= 4 is 28.1 Å². The predicted octanol–water partition coefficient (Wildman–Crippen LogP) is 4.21. The van der Waals surface area contributed by atoms with E-state index in [1.54, 1.807) is 7.11 Å². The van der Waals surface area contributed by atoms with Crippen molar-refractivity contribution in [2.45, 2.75) is 50.0 Å². The number of rotatable bonds is 3. The fraction of sp³-hybridized carbons (Fsp3) is 0.733. The minimum atomic E-state index is -0.389. The van der Waals surface area contributed by atoms with Gasteiger partial charge in [-0.15, -0.1) is 0 Å². The molecule has 116 valence electrons. The van der Waals surface area contributed by atoms with E-state index < -0.39 is 0 Å². The molecule has 0 bridgehead atoms. The predicted molar refractivity (Wildman–Crippen MR) is 87.1 cm³/mol. The second kappa shape index (κ2) is 6.44. The van der Waals surface area contributed by atoms with Crippen molar-refractivity contribution in [3.63, 3.8) is 0 Å². The Morgan fingerprint density at radius 2 is 2.00 bits per heavy atom. The largest absolute Gasteiger partial charge is 0.381 e. The highest BCUT2D eigenvalue weighted by Crippen LogP contribution is 2.39. The van der Waals surface area contributed by atoms with Crippen LogP contribution in [0.15, 0.2) is 4.47 Å². The summed E-state index contributed by atoms with van der Waals surface area (Å²) in [6, 6.07) is 0. The molecule has 1 saturated heterocycles. The molecule has 3 rings (SSSR count). The molecule has 6 heteroatoms. The summed E-state index contributed by atoms with van der Waals surface area (Å²) in [5, 5.41) is 0. The Morgan fingerprint density at radius 3 is 2.62 bits per heavy atom. The Morgan fingerprint density at radius 1 is 1.33 bits per heavy atom. The van der Waals surface area contributed by atoms with E-state index in [-0.39, 0.29) is 5.60 Å². The summed E-state index contributed by atoms with van der Waals surface area (Å²) >= 11 is 9.09. The average molecular weight is 373 g/mol. The normalized spacial score (nSPS) is 22.6. The highest BCUT2D eigenvalue weighted by Gasteiger charge is 2.38. The van der Waals surface area contributed by atoms with E-state index in [0.29, 0.717) is 23.8 Å². The van der Waals surface area contributed by atoms with Crippen LogP contribution in [0.3, 0.4) is 0 Å². The van der Waals surface area contributed by atoms with E-state index >= 15 is 0 Å². The van der Waals surface area contributed by atoms with Gasteiger partial charge in [0.15, 0.2) is 0 Å². The number of ether oxygens (including phenoxy) is 2. The lowest BCUT2D eigenvalue weighted by Gasteiger charge is -2.35. The Labute approximate surface area is 138 Å². The van der Waals surface area contributed by atoms with Crippen molar-refractivity contribution in [3.05, 3.63) is 20.6 Å². The third kappa shape index (κ3) is 2.96. The van der Waals surface area contributed by atoms with Gasteiger partial charge in [0.1, 0.15) is 16.1 Å². The van der Waals surface area contributed by atoms with E-state index in [9.17, 15) is 0 Å². The van der Waals surface area contributed by atoms with E-state index in [0.717, 1.165) is 23.1 Å². The molecule has 0 amide bonds. The zero-order valence-electron chi connectivity index (χ0n) is 12.3. The van der Waals surface area contributed by atoms with Crippen LogP contribution >= 0.6 is 28.1 Å². The molecule has 2 heterocycles. The summed E-state index contributed by atoms with van der Waals surface area (Å²) in [6.45, 7) is 1.40. The number of aromatic amines is 1. The fourth-order valence-electron chi connectivity index (χ4n) is 3.43. The smallest absolute Gasteiger partial charge is 0.144 e. The van der Waals surface area contributed by atoms with Crippen LogP contribution in [0.4, 0.5) is 0 Å². The van der Waals surface area contributed by atoms with Gasteiger partial charge in [-0.25, -0.2) is 4.98 Å². The quantitative estimate of drug-likeness (QED) is 0.807. The van der Waals surface area contributed by atoms with Crippen LogP contribution < -0.4 is 0 Å². The second-order valence-electron chi connectivity index (χ2n) is 5.91. The van der Waals surface area contributed by atoms with Crippen molar-refractivity contribution in [1.29, 1.82) is 0 Å². The van der Waals surface area contributed by atoms with Crippen LogP contribution in [0, 0.1) is 4.64 Å². The van der Waals surface area contributed by atoms with Crippen LogP contribution in [0.2, 0.25) is 0 Å². The molecule has 1 saturated carbocycles. The topological polar surface area (TPSA) is 47.1 Å². The van der Waals surface area contributed by atoms with Gasteiger partial charge in [0, 0.05) is 44.8 Å². The lowest BCUT2D eigenvalue weighted by atomic mass is 9.92. The van der Waals surface area contributed by atoms with Gasteiger partial charge < -0.3 is 14.5 Å². The van der Waals surface area contributed by atoms with Gasteiger partial charge in [-0.2, -0.15) is 0 Å². The second-order valence-corrected chi connectivity index (χ2v) is 7.09. The fourth-order valence-corrected chi connectivity index (χ4v) is 4.14. The van der Waals surface area contributed by atoms with E-state index in [1.807, 2.05) is 0 Å². The molecular weight excluding hydrogens is 352 g/mol. The van der Waals surface area contributed by atoms with Gasteiger partial charge in [-0.05, 0) is 28.8 Å². The third-order valence-corrected chi connectivity index (χ3v) is 6.14. The van der Waals surface area contributed by atoms with Crippen LogP contribution in [0.5, 0.6) is 0 Å². The summed E-state index contributed by atoms with van der Waals surface area (Å²) in [7, 11) is 1.75. The first-order valence-electron chi connectivity index (χ1n) is 7.59. The van der Waals surface area contributed by atoms with Gasteiger partial charge in [-0.1, -0.05) is 25.1 Å². The molecule has 0 unspecified atom stereocenters. The maximum Gasteiger partial charge on any atom is 0.144 e. The van der Waals surface area contributed by atoms with Gasteiger partial charge in [0.25, 0.3) is 0 Å². The van der Waals surface area contributed by atoms with Crippen molar-refractivity contribution in [2.75, 3.05) is 20.3 Å². The Kier molecular flexibility index (Phi) is 4.78. The molecule has 0 spiro atoms. The third-order valence-electron chi connectivity index (χ3n) is 4.78. The Hall–Kier alpha value is -0.300. The number of methoxy groups -OCH3 is 1. The van der Waals surface area contributed by atoms with Gasteiger partial charge >= 0.3 is 0 Å². The summed E-state index contributed by atoms with van der Waals surface area (Å²) in [5.74, 6) is 1.42. The Bertz CT molecular complexity index is 563. The molecule has 1 aromatic rings. The SMILES string of the molecule is COC1(c2nc(=S)c(Br)c(C3CCCC3)[nH]2)CCOCC1. The monoisotopic (exact) mass is 372 g/mol. The zero-order valence-corrected chi connectivity index (χ0v) is 14.7. The number of nitrogens with one attached hydrogen (secondary N) is 1. The van der Waals surface area contributed by atoms with Crippen LogP contribution in [-0.4, -0.2) is 30.3 Å². The molecule has 1 aromatic heterocycles. The lowest BCUT2D eigenvalue weighted by molar-refractivity contribution is -0.100. The average Bonchev–Trinajstić information content (AvgIpc) is 3.04. The van der Waals surface area contributed by atoms with Crippen molar-refractivity contribution in [3.8, 4) is 0 Å². The van der Waals surface area contributed by atoms with E-state index in [4.69, 9.17) is 21.7 Å². The molecule has 0 atom stereocenters. The first kappa shape index (κ1) is 15.6. The minimum Gasteiger partial charge on any atom is -0.381 e. The van der Waals surface area contributed by atoms with E-state index in [1.165, 1.54) is 31.4 Å². The minimum absolute atomic E-state index is 0.389. The number of aromatic nitrogens is 2. The molecule has 1 N–H and O–H groups in total. The molecule has 4 nitrogen and oxygen atoms in total. The number of hydrogen-bond donors (Lipinski definition) is 1. The number of nitrogens with zero attached hydrogens (tertiary/aromatic N) is 1. The van der Waals surface area contributed by atoms with Crippen LogP contribution in [0.25, 0.3) is 0 Å². The van der Waals surface area contributed by atoms with Gasteiger partial charge in [-0.3, -0.25) is 0 Å². The highest BCUT2D eigenvalue weighted by atomic mass is 79.9. The van der Waals surface area contributed by atoms with E-state index in [2.05, 4.69) is 25.9 Å². The van der Waals surface area contributed by atoms with Crippen molar-refractivity contribution < 1.29 is 9.47 Å². The Balaban J connectivity index is 2.04. The van der Waals surface area contributed by atoms with Crippen LogP contribution in [-0.2, 0) is 15.1 Å². The molecule has 2 fully saturated rings. The number of halogens is 1. The summed E-state index contributed by atoms with van der Waals surface area (Å²) in [6.07, 6.45) is 6.64. The molecule has 0 aromatic carbocycles. The molecule has 1 aliphatic heterocycles. The molecule has 21 heavy (non-hydrogen) atoms. The summed E-state index contributed by atoms with van der Waals surface area (Å²) in [5.41, 5.74) is 0.810. The van der Waals surface area contributed by atoms with Crippen molar-refractivity contribution in [2.24, 2.45) is 0 Å². The molecular formula is C15H21BrN2O2S. The molecule has 0 radical (unpaired) electrons. The first-order valence-corrected chi connectivity index (χ1v) is 8.79. The van der Waals surface area contributed by atoms with Crippen LogP contribution in [0.1, 0.15) is 56.0 Å². The highest BCUT2D eigenvalue weighted by molar-refractivity contribution is 9.10. The lowest BCUT2D eigenvalue weighted by Crippen LogP contribution is -2.37. The zero-order chi connectivity index (χ0) is 14.9. The molecule has 2 aliphatic rings. The maximum atomic E-state index is 5.84. The summed E-state index contributed by atoms with van der Waals surface area (Å²) in [4.78, 5) is 8.16. The molecule has 1 aliphatic carbocycles. The first-order chi connectivity index (χ1) is 10.2. The van der Waals surface area contributed by atoms with Gasteiger partial charge in [0.2, 0.25) is 0 Å². The number of H-pyrrole nitrogens is 1. The van der Waals surface area contributed by atoms with Gasteiger partial charge in [0.05, 0.1) is 4.47 Å². The van der Waals surface area contributed by atoms with Crippen molar-refractivity contribution in [1.82, 2.24) is 9.97 Å². The summed E-state index contributed by atoms with van der Waals surface area (Å²) < 4.78 is 12.9. The maximum absolute atomic E-state index is 5.84. The standard InChI is InChI=1S/C15H21BrN2O2S/c1-19-15(6-8-20-9-7-15)14-17-12(10-4-2-3-5-10)11(16)13(21)18-14/h10H,2-9H2,1H3,(H,17,18,21).